The van der Waals surface area contributed by atoms with Crippen LogP contribution in [0.3, 0.4) is 0 Å². The highest BCUT2D eigenvalue weighted by atomic mass is 35.5. The Morgan fingerprint density at radius 1 is 1.06 bits per heavy atom. The lowest BCUT2D eigenvalue weighted by Crippen LogP contribution is -2.19. The van der Waals surface area contributed by atoms with Gasteiger partial charge in [-0.1, -0.05) is 11.1 Å². The van der Waals surface area contributed by atoms with Crippen LogP contribution in [0.15, 0.2) is 35.5 Å². The van der Waals surface area contributed by atoms with E-state index in [1.54, 1.807) is 14.2 Å². The Morgan fingerprint density at radius 2 is 1.88 bits per heavy atom. The number of benzene rings is 2. The molecule has 0 atom stereocenters. The largest absolute Gasteiger partial charge is 0.497 e. The first-order chi connectivity index (χ1) is 15.1. The number of methoxy groups -OCH3 is 2. The molecule has 32 heavy (non-hydrogen) atoms. The number of oxime groups is 1. The molecule has 1 N–H and O–H groups in total. The van der Waals surface area contributed by atoms with Crippen LogP contribution in [0.5, 0.6) is 17.2 Å². The topological polar surface area (TPSA) is 68.3 Å². The summed E-state index contributed by atoms with van der Waals surface area (Å²) in [7, 11) is 7.29. The Balaban J connectivity index is 0.00000289. The molecule has 0 fully saturated rings. The van der Waals surface area contributed by atoms with Crippen LogP contribution in [0.4, 0.5) is 0 Å². The molecule has 0 saturated carbocycles. The van der Waals surface area contributed by atoms with Crippen molar-refractivity contribution in [2.45, 2.75) is 0 Å². The van der Waals surface area contributed by atoms with E-state index in [-0.39, 0.29) is 19.0 Å². The summed E-state index contributed by atoms with van der Waals surface area (Å²) >= 11 is 0. The van der Waals surface area contributed by atoms with E-state index < -0.39 is 0 Å². The van der Waals surface area contributed by atoms with Crippen LogP contribution in [-0.4, -0.2) is 63.7 Å². The first-order valence-corrected chi connectivity index (χ1v) is 9.91. The summed E-state index contributed by atoms with van der Waals surface area (Å²) in [4.78, 5) is 11.0. The summed E-state index contributed by atoms with van der Waals surface area (Å²) < 4.78 is 17.1. The molecule has 0 unspecified atom stereocenters. The standard InChI is InChI=1S/C24H25N3O4.ClH/c1-6-10-31-26-24-21-18(13-16(28-4)14-20(21)29-5)23-22(24)17-12-15(7-8-19(17)25-23)30-11-9-27(2)3;/h1,7-8,12-14,25H,9-11H2,2-5H3;1H. The van der Waals surface area contributed by atoms with Gasteiger partial charge in [0.1, 0.15) is 29.6 Å². The number of likely N-dealkylation sites (N-methyl/N-ethyl adjacent to an activating group) is 1. The molecule has 1 aliphatic rings. The monoisotopic (exact) mass is 455 g/mol. The fourth-order valence-corrected chi connectivity index (χ4v) is 3.72. The highest BCUT2D eigenvalue weighted by molar-refractivity contribution is 6.31. The van der Waals surface area contributed by atoms with Gasteiger partial charge < -0.3 is 28.9 Å². The van der Waals surface area contributed by atoms with Crippen LogP contribution >= 0.6 is 12.4 Å². The zero-order valence-corrected chi connectivity index (χ0v) is 19.3. The van der Waals surface area contributed by atoms with E-state index in [0.717, 1.165) is 45.6 Å². The molecule has 0 radical (unpaired) electrons. The SMILES string of the molecule is C#CCON=C1c2c(OC)cc(OC)cc2-c2[nH]c3ccc(OCCN(C)C)cc3c21.Cl. The highest BCUT2D eigenvalue weighted by Crippen LogP contribution is 2.47. The Kier molecular flexibility index (Phi) is 7.18. The van der Waals surface area contributed by atoms with Gasteiger partial charge in [-0.3, -0.25) is 0 Å². The number of H-pyrrole nitrogens is 1. The summed E-state index contributed by atoms with van der Waals surface area (Å²) in [5.74, 6) is 4.58. The van der Waals surface area contributed by atoms with Gasteiger partial charge in [0, 0.05) is 34.6 Å². The fraction of sp³-hybridized carbons (Fsp3) is 0.292. The summed E-state index contributed by atoms with van der Waals surface area (Å²) in [5, 5.41) is 5.37. The van der Waals surface area contributed by atoms with E-state index in [1.165, 1.54) is 0 Å². The molecule has 2 aromatic carbocycles. The van der Waals surface area contributed by atoms with E-state index in [2.05, 4.69) is 21.0 Å². The van der Waals surface area contributed by atoms with Gasteiger partial charge in [-0.05, 0) is 38.4 Å². The number of nitrogens with zero attached hydrogens (tertiary/aromatic N) is 2. The van der Waals surface area contributed by atoms with Crippen molar-refractivity contribution in [3.63, 3.8) is 0 Å². The molecule has 0 saturated heterocycles. The lowest BCUT2D eigenvalue weighted by Gasteiger charge is -2.12. The number of halogens is 1. The molecular formula is C24H26ClN3O4. The number of aromatic nitrogens is 1. The normalized spacial score (nSPS) is 12.8. The highest BCUT2D eigenvalue weighted by Gasteiger charge is 2.33. The third-order valence-electron chi connectivity index (χ3n) is 5.16. The molecule has 0 spiro atoms. The molecule has 0 amide bonds. The summed E-state index contributed by atoms with van der Waals surface area (Å²) in [6.07, 6.45) is 5.34. The van der Waals surface area contributed by atoms with E-state index >= 15 is 0 Å². The Labute approximate surface area is 193 Å². The minimum atomic E-state index is 0. The molecule has 0 aliphatic heterocycles. The molecule has 4 rings (SSSR count). The lowest BCUT2D eigenvalue weighted by molar-refractivity contribution is 0.180. The summed E-state index contributed by atoms with van der Waals surface area (Å²) in [6, 6.07) is 9.79. The van der Waals surface area contributed by atoms with Crippen molar-refractivity contribution >= 4 is 29.0 Å². The first-order valence-electron chi connectivity index (χ1n) is 9.91. The third-order valence-corrected chi connectivity index (χ3v) is 5.16. The Bertz CT molecular complexity index is 1190. The van der Waals surface area contributed by atoms with E-state index in [0.29, 0.717) is 23.8 Å². The maximum absolute atomic E-state index is 5.95. The number of hydrogen-bond donors (Lipinski definition) is 1. The average Bonchev–Trinajstić information content (AvgIpc) is 3.28. The van der Waals surface area contributed by atoms with Crippen LogP contribution < -0.4 is 14.2 Å². The minimum absolute atomic E-state index is 0. The average molecular weight is 456 g/mol. The van der Waals surface area contributed by atoms with E-state index in [1.807, 2.05) is 44.4 Å². The number of rotatable bonds is 8. The van der Waals surface area contributed by atoms with Crippen LogP contribution in [0.1, 0.15) is 11.1 Å². The molecule has 3 aromatic rings. The first kappa shape index (κ1) is 23.3. The van der Waals surface area contributed by atoms with Crippen molar-refractivity contribution in [1.82, 2.24) is 9.88 Å². The van der Waals surface area contributed by atoms with E-state index in [4.69, 9.17) is 25.5 Å². The van der Waals surface area contributed by atoms with Crippen LogP contribution in [0.2, 0.25) is 0 Å². The van der Waals surface area contributed by atoms with Gasteiger partial charge in [0.15, 0.2) is 6.61 Å². The molecule has 168 valence electrons. The number of fused-ring (bicyclic) bond motifs is 5. The van der Waals surface area contributed by atoms with Crippen LogP contribution in [-0.2, 0) is 4.84 Å². The van der Waals surface area contributed by atoms with Crippen molar-refractivity contribution in [1.29, 1.82) is 0 Å². The van der Waals surface area contributed by atoms with Gasteiger partial charge in [0.2, 0.25) is 0 Å². The zero-order valence-electron chi connectivity index (χ0n) is 18.5. The van der Waals surface area contributed by atoms with Gasteiger partial charge in [0.25, 0.3) is 0 Å². The molecule has 0 bridgehead atoms. The van der Waals surface area contributed by atoms with Gasteiger partial charge in [-0.2, -0.15) is 0 Å². The second-order valence-electron chi connectivity index (χ2n) is 7.40. The van der Waals surface area contributed by atoms with Crippen molar-refractivity contribution in [3.8, 4) is 40.8 Å². The summed E-state index contributed by atoms with van der Waals surface area (Å²) in [6.45, 7) is 1.51. The van der Waals surface area contributed by atoms with Gasteiger partial charge in [0.05, 0.1) is 25.5 Å². The van der Waals surface area contributed by atoms with Crippen molar-refractivity contribution in [2.24, 2.45) is 5.16 Å². The molecule has 8 heteroatoms. The molecule has 1 aliphatic carbocycles. The lowest BCUT2D eigenvalue weighted by atomic mass is 10.0. The number of ether oxygens (including phenoxy) is 3. The molecule has 7 nitrogen and oxygen atoms in total. The molecular weight excluding hydrogens is 430 g/mol. The van der Waals surface area contributed by atoms with Crippen molar-refractivity contribution in [3.05, 3.63) is 41.5 Å². The van der Waals surface area contributed by atoms with Crippen molar-refractivity contribution in [2.75, 3.05) is 48.1 Å². The van der Waals surface area contributed by atoms with E-state index in [9.17, 15) is 0 Å². The second-order valence-corrected chi connectivity index (χ2v) is 7.40. The Morgan fingerprint density at radius 3 is 2.56 bits per heavy atom. The van der Waals surface area contributed by atoms with Gasteiger partial charge in [-0.25, -0.2) is 0 Å². The predicted octanol–water partition coefficient (Wildman–Crippen LogP) is 3.93. The number of aromatic amines is 1. The second kappa shape index (κ2) is 9.86. The summed E-state index contributed by atoms with van der Waals surface area (Å²) in [5.41, 5.74) is 5.25. The maximum Gasteiger partial charge on any atom is 0.177 e. The predicted molar refractivity (Wildman–Crippen MR) is 129 cm³/mol. The van der Waals surface area contributed by atoms with Gasteiger partial charge in [-0.15, -0.1) is 18.8 Å². The van der Waals surface area contributed by atoms with Crippen LogP contribution in [0.25, 0.3) is 22.2 Å². The fourth-order valence-electron chi connectivity index (χ4n) is 3.72. The smallest absolute Gasteiger partial charge is 0.177 e. The minimum Gasteiger partial charge on any atom is -0.497 e. The van der Waals surface area contributed by atoms with Crippen LogP contribution in [0, 0.1) is 12.3 Å². The quantitative estimate of drug-likeness (QED) is 0.248. The van der Waals surface area contributed by atoms with Gasteiger partial charge >= 0.3 is 0 Å². The third kappa shape index (κ3) is 4.20. The Hall–Kier alpha value is -3.34. The zero-order chi connectivity index (χ0) is 22.0. The molecule has 1 aromatic heterocycles. The number of nitrogens with one attached hydrogen (secondary N) is 1. The molecule has 1 heterocycles. The number of terminal acetylenes is 1. The number of hydrogen-bond acceptors (Lipinski definition) is 6. The van der Waals surface area contributed by atoms with Crippen molar-refractivity contribution < 1.29 is 19.0 Å². The maximum atomic E-state index is 5.95.